The number of aromatic amines is 1. The predicted molar refractivity (Wildman–Crippen MR) is 81.1 cm³/mol. The van der Waals surface area contributed by atoms with Gasteiger partial charge in [0.25, 0.3) is 5.56 Å². The van der Waals surface area contributed by atoms with Crippen molar-refractivity contribution in [2.75, 3.05) is 5.32 Å². The third kappa shape index (κ3) is 2.33. The lowest BCUT2D eigenvalue weighted by Gasteiger charge is -2.19. The first-order valence-corrected chi connectivity index (χ1v) is 7.63. The molecule has 0 amide bonds. The van der Waals surface area contributed by atoms with Crippen molar-refractivity contribution in [1.29, 1.82) is 0 Å². The van der Waals surface area contributed by atoms with Gasteiger partial charge in [-0.05, 0) is 54.9 Å². The van der Waals surface area contributed by atoms with Crippen molar-refractivity contribution in [2.45, 2.75) is 37.3 Å². The summed E-state index contributed by atoms with van der Waals surface area (Å²) in [4.78, 5) is 14.8. The first-order chi connectivity index (χ1) is 10.9. The molecular formula is C17H15F3N2O. The van der Waals surface area contributed by atoms with Crippen LogP contribution in [0.3, 0.4) is 0 Å². The SMILES string of the molecule is O=c1[nH]cc(Nc2cccc(C(F)(F)F)c2)c2c1C1CCC2C1. The minimum Gasteiger partial charge on any atom is -0.354 e. The number of nitrogens with one attached hydrogen (secondary N) is 2. The number of rotatable bonds is 2. The largest absolute Gasteiger partial charge is 0.416 e. The highest BCUT2D eigenvalue weighted by Gasteiger charge is 2.40. The summed E-state index contributed by atoms with van der Waals surface area (Å²) in [6.07, 6.45) is 0.234. The Morgan fingerprint density at radius 2 is 1.87 bits per heavy atom. The highest BCUT2D eigenvalue weighted by molar-refractivity contribution is 5.67. The number of alkyl halides is 3. The molecule has 2 aliphatic carbocycles. The summed E-state index contributed by atoms with van der Waals surface area (Å²) in [7, 11) is 0. The third-order valence-corrected chi connectivity index (χ3v) is 4.89. The van der Waals surface area contributed by atoms with Gasteiger partial charge in [-0.15, -0.1) is 0 Å². The Bertz CT molecular complexity index is 825. The second-order valence-corrected chi connectivity index (χ2v) is 6.27. The summed E-state index contributed by atoms with van der Waals surface area (Å²) in [5, 5.41) is 3.06. The predicted octanol–water partition coefficient (Wildman–Crippen LogP) is 4.50. The number of fused-ring (bicyclic) bond motifs is 5. The number of aromatic nitrogens is 1. The molecule has 3 nitrogen and oxygen atoms in total. The van der Waals surface area contributed by atoms with Crippen LogP contribution in [0.1, 0.15) is 47.8 Å². The Morgan fingerprint density at radius 3 is 2.61 bits per heavy atom. The van der Waals surface area contributed by atoms with Crippen LogP contribution in [0.4, 0.5) is 24.5 Å². The minimum atomic E-state index is -4.37. The standard InChI is InChI=1S/C17H15F3N2O/c18-17(19,20)11-2-1-3-12(7-11)22-13-8-21-16(23)15-10-5-4-9(6-10)14(13)15/h1-3,7-10,22H,4-6H2,(H,21,23). The van der Waals surface area contributed by atoms with Gasteiger partial charge in [0, 0.05) is 17.4 Å². The van der Waals surface area contributed by atoms with Crippen molar-refractivity contribution in [3.05, 3.63) is 57.5 Å². The summed E-state index contributed by atoms with van der Waals surface area (Å²) >= 11 is 0. The molecule has 0 saturated heterocycles. The fraction of sp³-hybridized carbons (Fsp3) is 0.353. The van der Waals surface area contributed by atoms with E-state index in [1.54, 1.807) is 12.3 Å². The van der Waals surface area contributed by atoms with Crippen LogP contribution in [0.5, 0.6) is 0 Å². The maximum atomic E-state index is 12.8. The van der Waals surface area contributed by atoms with Gasteiger partial charge in [-0.3, -0.25) is 4.79 Å². The van der Waals surface area contributed by atoms with Crippen LogP contribution in [-0.2, 0) is 6.18 Å². The van der Waals surface area contributed by atoms with E-state index < -0.39 is 11.7 Å². The Hall–Kier alpha value is -2.24. The molecule has 2 aliphatic rings. The number of hydrogen-bond acceptors (Lipinski definition) is 2. The van der Waals surface area contributed by atoms with E-state index in [4.69, 9.17) is 0 Å². The maximum Gasteiger partial charge on any atom is 0.416 e. The molecule has 0 aliphatic heterocycles. The lowest BCUT2D eigenvalue weighted by Crippen LogP contribution is -2.18. The van der Waals surface area contributed by atoms with Crippen molar-refractivity contribution in [2.24, 2.45) is 0 Å². The zero-order valence-corrected chi connectivity index (χ0v) is 12.2. The van der Waals surface area contributed by atoms with Gasteiger partial charge in [-0.2, -0.15) is 13.2 Å². The number of anilines is 2. The van der Waals surface area contributed by atoms with E-state index in [2.05, 4.69) is 10.3 Å². The highest BCUT2D eigenvalue weighted by atomic mass is 19.4. The molecular weight excluding hydrogens is 305 g/mol. The first-order valence-electron chi connectivity index (χ1n) is 7.63. The maximum absolute atomic E-state index is 12.8. The van der Waals surface area contributed by atoms with Crippen molar-refractivity contribution < 1.29 is 13.2 Å². The van der Waals surface area contributed by atoms with Gasteiger partial charge in [0.05, 0.1) is 11.3 Å². The molecule has 2 atom stereocenters. The van der Waals surface area contributed by atoms with Crippen molar-refractivity contribution in [3.8, 4) is 0 Å². The molecule has 0 spiro atoms. The zero-order valence-electron chi connectivity index (χ0n) is 12.2. The van der Waals surface area contributed by atoms with Crippen LogP contribution < -0.4 is 10.9 Å². The van der Waals surface area contributed by atoms with Gasteiger partial charge in [0.2, 0.25) is 0 Å². The van der Waals surface area contributed by atoms with Crippen LogP contribution in [0.2, 0.25) is 0 Å². The van der Waals surface area contributed by atoms with E-state index in [0.717, 1.165) is 42.5 Å². The minimum absolute atomic E-state index is 0.0678. The lowest BCUT2D eigenvalue weighted by atomic mass is 9.92. The normalized spacial score (nSPS) is 22.2. The molecule has 1 fully saturated rings. The van der Waals surface area contributed by atoms with Crippen molar-refractivity contribution >= 4 is 11.4 Å². The summed E-state index contributed by atoms with van der Waals surface area (Å²) < 4.78 is 38.5. The van der Waals surface area contributed by atoms with Crippen LogP contribution in [0.15, 0.2) is 35.3 Å². The van der Waals surface area contributed by atoms with E-state index in [9.17, 15) is 18.0 Å². The summed E-state index contributed by atoms with van der Waals surface area (Å²) in [6.45, 7) is 0. The number of pyridine rings is 1. The molecule has 120 valence electrons. The van der Waals surface area contributed by atoms with Gasteiger partial charge in [0.1, 0.15) is 0 Å². The molecule has 2 unspecified atom stereocenters. The van der Waals surface area contributed by atoms with Crippen LogP contribution >= 0.6 is 0 Å². The van der Waals surface area contributed by atoms with Gasteiger partial charge in [-0.1, -0.05) is 6.07 Å². The Balaban J connectivity index is 1.73. The molecule has 0 radical (unpaired) electrons. The molecule has 1 heterocycles. The highest BCUT2D eigenvalue weighted by Crippen LogP contribution is 2.54. The smallest absolute Gasteiger partial charge is 0.354 e. The Morgan fingerprint density at radius 1 is 1.13 bits per heavy atom. The zero-order chi connectivity index (χ0) is 16.2. The molecule has 1 aromatic carbocycles. The number of H-pyrrole nitrogens is 1. The molecule has 23 heavy (non-hydrogen) atoms. The van der Waals surface area contributed by atoms with Crippen LogP contribution in [-0.4, -0.2) is 4.98 Å². The van der Waals surface area contributed by atoms with E-state index in [1.807, 2.05) is 0 Å². The quantitative estimate of drug-likeness (QED) is 0.855. The van der Waals surface area contributed by atoms with Crippen LogP contribution in [0.25, 0.3) is 0 Å². The number of benzene rings is 1. The first kappa shape index (κ1) is 14.4. The second kappa shape index (κ2) is 4.88. The fourth-order valence-electron chi connectivity index (χ4n) is 3.94. The molecule has 1 aromatic heterocycles. The number of halogens is 3. The molecule has 2 bridgehead atoms. The van der Waals surface area contributed by atoms with E-state index >= 15 is 0 Å². The Kier molecular flexibility index (Phi) is 3.04. The summed E-state index contributed by atoms with van der Waals surface area (Å²) in [5.74, 6) is 0.632. The average Bonchev–Trinajstić information content (AvgIpc) is 3.11. The third-order valence-electron chi connectivity index (χ3n) is 4.89. The molecule has 4 rings (SSSR count). The number of hydrogen-bond donors (Lipinski definition) is 2. The summed E-state index contributed by atoms with van der Waals surface area (Å²) in [5.41, 5.74) is 2.13. The van der Waals surface area contributed by atoms with Gasteiger partial charge >= 0.3 is 6.18 Å². The lowest BCUT2D eigenvalue weighted by molar-refractivity contribution is -0.137. The molecule has 6 heteroatoms. The molecule has 1 saturated carbocycles. The summed E-state index contributed by atoms with van der Waals surface area (Å²) in [6, 6.07) is 5.11. The molecule has 2 aromatic rings. The Labute approximate surface area is 130 Å². The molecule has 2 N–H and O–H groups in total. The van der Waals surface area contributed by atoms with Crippen molar-refractivity contribution in [1.82, 2.24) is 4.98 Å². The monoisotopic (exact) mass is 320 g/mol. The second-order valence-electron chi connectivity index (χ2n) is 6.27. The van der Waals surface area contributed by atoms with Gasteiger partial charge in [0.15, 0.2) is 0 Å². The van der Waals surface area contributed by atoms with E-state index in [1.165, 1.54) is 6.07 Å². The average molecular weight is 320 g/mol. The topological polar surface area (TPSA) is 44.9 Å². The van der Waals surface area contributed by atoms with Crippen molar-refractivity contribution in [3.63, 3.8) is 0 Å². The van der Waals surface area contributed by atoms with Crippen LogP contribution in [0, 0.1) is 0 Å². The fourth-order valence-corrected chi connectivity index (χ4v) is 3.94. The van der Waals surface area contributed by atoms with E-state index in [-0.39, 0.29) is 5.56 Å². The van der Waals surface area contributed by atoms with E-state index in [0.29, 0.717) is 23.2 Å². The van der Waals surface area contributed by atoms with Gasteiger partial charge in [-0.25, -0.2) is 0 Å². The van der Waals surface area contributed by atoms with Gasteiger partial charge < -0.3 is 10.3 Å².